The van der Waals surface area contributed by atoms with Crippen molar-refractivity contribution in [3.63, 3.8) is 0 Å². The fourth-order valence-electron chi connectivity index (χ4n) is 6.70. The number of hydrogen-bond donors (Lipinski definition) is 1. The largest absolute Gasteiger partial charge is 0.508 e. The van der Waals surface area contributed by atoms with Crippen molar-refractivity contribution < 1.29 is 9.84 Å². The lowest BCUT2D eigenvalue weighted by Gasteiger charge is -2.51. The highest BCUT2D eigenvalue weighted by atomic mass is 16.5. The molecule has 3 aliphatic heterocycles. The fourth-order valence-corrected chi connectivity index (χ4v) is 6.70. The third-order valence-electron chi connectivity index (χ3n) is 8.55. The molecule has 1 N–H and O–H groups in total. The summed E-state index contributed by atoms with van der Waals surface area (Å²) in [6, 6.07) is 26.9. The summed E-state index contributed by atoms with van der Waals surface area (Å²) in [4.78, 5) is 7.18. The zero-order valence-electron chi connectivity index (χ0n) is 20.8. The molecule has 8 rings (SSSR count). The summed E-state index contributed by atoms with van der Waals surface area (Å²) in [6.45, 7) is 6.21. The fraction of sp³-hybridized carbons (Fsp3) is 0.242. The summed E-state index contributed by atoms with van der Waals surface area (Å²) in [5.41, 5.74) is 1.94. The Hall–Kier alpha value is -3.89. The van der Waals surface area contributed by atoms with E-state index in [0.717, 1.165) is 47.1 Å². The van der Waals surface area contributed by atoms with Gasteiger partial charge >= 0.3 is 0 Å². The monoisotopic (exact) mass is 486 g/mol. The SMILES string of the molecule is C=C[C@H]1CN2CC[C@H]1C[C@@H]2[C@@H](Oc1cc2ccccc2c2ccccc12)c1ccnc2ccc(O)cc12. The maximum absolute atomic E-state index is 10.4. The summed E-state index contributed by atoms with van der Waals surface area (Å²) in [7, 11) is 0. The standard InChI is InChI=1S/C33H30N2O2/c1-2-21-20-35-16-14-22(21)17-31(35)33(28-13-15-34-30-12-11-24(36)19-29(28)30)37-32-18-23-7-3-4-8-25(23)26-9-5-6-10-27(26)32/h2-13,15,18-19,21-22,31,33,36H,1,14,16-17,20H2/t21-,22-,31+,33-/m0/s1. The van der Waals surface area contributed by atoms with Crippen molar-refractivity contribution in [1.29, 1.82) is 0 Å². The van der Waals surface area contributed by atoms with Gasteiger partial charge in [0.15, 0.2) is 0 Å². The number of phenolic OH excluding ortho intramolecular Hbond substituents is 1. The zero-order chi connectivity index (χ0) is 24.9. The molecule has 5 aromatic rings. The lowest BCUT2D eigenvalue weighted by Crippen LogP contribution is -2.55. The van der Waals surface area contributed by atoms with Gasteiger partial charge < -0.3 is 9.84 Å². The molecule has 3 aliphatic rings. The Balaban J connectivity index is 1.41. The lowest BCUT2D eigenvalue weighted by molar-refractivity contribution is -0.0352. The van der Waals surface area contributed by atoms with Crippen molar-refractivity contribution in [3.8, 4) is 11.5 Å². The molecule has 0 radical (unpaired) electrons. The highest BCUT2D eigenvalue weighted by Gasteiger charge is 2.44. The van der Waals surface area contributed by atoms with Gasteiger partial charge in [-0.25, -0.2) is 0 Å². The van der Waals surface area contributed by atoms with Crippen molar-refractivity contribution in [2.45, 2.75) is 25.0 Å². The molecule has 0 saturated carbocycles. The van der Waals surface area contributed by atoms with Crippen LogP contribution in [0, 0.1) is 11.8 Å². The predicted molar refractivity (Wildman–Crippen MR) is 150 cm³/mol. The van der Waals surface area contributed by atoms with E-state index in [-0.39, 0.29) is 17.9 Å². The van der Waals surface area contributed by atoms with E-state index in [2.05, 4.69) is 83.2 Å². The van der Waals surface area contributed by atoms with Gasteiger partial charge in [0, 0.05) is 29.1 Å². The summed E-state index contributed by atoms with van der Waals surface area (Å²) in [6.07, 6.45) is 6.07. The summed E-state index contributed by atoms with van der Waals surface area (Å²) < 4.78 is 7.15. The molecule has 2 bridgehead atoms. The van der Waals surface area contributed by atoms with Crippen molar-refractivity contribution in [2.75, 3.05) is 13.1 Å². The van der Waals surface area contributed by atoms with Crippen LogP contribution in [-0.2, 0) is 0 Å². The minimum atomic E-state index is -0.203. The van der Waals surface area contributed by atoms with Crippen molar-refractivity contribution in [2.24, 2.45) is 11.8 Å². The van der Waals surface area contributed by atoms with E-state index in [1.54, 1.807) is 6.07 Å². The molecule has 37 heavy (non-hydrogen) atoms. The third kappa shape index (κ3) is 3.75. The zero-order valence-corrected chi connectivity index (χ0v) is 20.8. The first-order chi connectivity index (χ1) is 18.2. The third-order valence-corrected chi connectivity index (χ3v) is 8.55. The number of hydrogen-bond acceptors (Lipinski definition) is 4. The number of benzene rings is 4. The topological polar surface area (TPSA) is 45.6 Å². The molecule has 4 aromatic carbocycles. The number of pyridine rings is 1. The van der Waals surface area contributed by atoms with Gasteiger partial charge in [-0.15, -0.1) is 6.58 Å². The van der Waals surface area contributed by atoms with Gasteiger partial charge in [0.2, 0.25) is 0 Å². The Morgan fingerprint density at radius 1 is 0.946 bits per heavy atom. The predicted octanol–water partition coefficient (Wildman–Crippen LogP) is 7.26. The number of nitrogens with zero attached hydrogens (tertiary/aromatic N) is 2. The van der Waals surface area contributed by atoms with Gasteiger partial charge in [-0.05, 0) is 77.7 Å². The molecule has 0 spiro atoms. The maximum atomic E-state index is 10.4. The molecule has 0 aliphatic carbocycles. The Bertz CT molecular complexity index is 1640. The first-order valence-corrected chi connectivity index (χ1v) is 13.2. The number of rotatable bonds is 5. The van der Waals surface area contributed by atoms with Crippen LogP contribution in [-0.4, -0.2) is 34.1 Å². The second kappa shape index (κ2) is 8.89. The second-order valence-corrected chi connectivity index (χ2v) is 10.5. The molecule has 184 valence electrons. The lowest BCUT2D eigenvalue weighted by atomic mass is 9.73. The molecule has 5 atom stereocenters. The molecule has 3 fully saturated rings. The van der Waals surface area contributed by atoms with Gasteiger partial charge in [-0.3, -0.25) is 9.88 Å². The van der Waals surface area contributed by atoms with E-state index in [0.29, 0.717) is 11.8 Å². The molecular weight excluding hydrogens is 456 g/mol. The molecule has 1 unspecified atom stereocenters. The summed E-state index contributed by atoms with van der Waals surface area (Å²) >= 11 is 0. The molecule has 3 saturated heterocycles. The van der Waals surface area contributed by atoms with E-state index < -0.39 is 0 Å². The average molecular weight is 487 g/mol. The second-order valence-electron chi connectivity index (χ2n) is 10.5. The van der Waals surface area contributed by atoms with Crippen molar-refractivity contribution >= 4 is 32.4 Å². The number of piperidine rings is 3. The summed E-state index contributed by atoms with van der Waals surface area (Å²) in [5.74, 6) is 2.29. The minimum absolute atomic E-state index is 0.203. The molecule has 4 heteroatoms. The van der Waals surface area contributed by atoms with Crippen LogP contribution >= 0.6 is 0 Å². The van der Waals surface area contributed by atoms with E-state index in [9.17, 15) is 5.11 Å². The van der Waals surface area contributed by atoms with E-state index in [4.69, 9.17) is 4.74 Å². The minimum Gasteiger partial charge on any atom is -0.508 e. The highest BCUT2D eigenvalue weighted by Crippen LogP contribution is 2.45. The Morgan fingerprint density at radius 3 is 2.57 bits per heavy atom. The molecular formula is C33H30N2O2. The Labute approximate surface area is 216 Å². The Morgan fingerprint density at radius 2 is 1.76 bits per heavy atom. The molecule has 0 amide bonds. The van der Waals surface area contributed by atoms with Crippen LogP contribution in [0.4, 0.5) is 0 Å². The van der Waals surface area contributed by atoms with Crippen LogP contribution < -0.4 is 4.74 Å². The van der Waals surface area contributed by atoms with E-state index in [1.807, 2.05) is 18.3 Å². The number of aromatic nitrogens is 1. The molecule has 1 aromatic heterocycles. The normalized spacial score (nSPS) is 23.9. The maximum Gasteiger partial charge on any atom is 0.140 e. The summed E-state index contributed by atoms with van der Waals surface area (Å²) in [5, 5.41) is 16.0. The molecule has 4 heterocycles. The van der Waals surface area contributed by atoms with Gasteiger partial charge in [0.05, 0.1) is 11.6 Å². The van der Waals surface area contributed by atoms with Crippen molar-refractivity contribution in [1.82, 2.24) is 9.88 Å². The van der Waals surface area contributed by atoms with Crippen LogP contribution in [0.1, 0.15) is 24.5 Å². The van der Waals surface area contributed by atoms with Crippen LogP contribution in [0.15, 0.2) is 97.7 Å². The smallest absolute Gasteiger partial charge is 0.140 e. The number of phenols is 1. The van der Waals surface area contributed by atoms with Gasteiger partial charge in [-0.2, -0.15) is 0 Å². The van der Waals surface area contributed by atoms with Gasteiger partial charge in [-0.1, -0.05) is 54.6 Å². The molecule has 4 nitrogen and oxygen atoms in total. The highest BCUT2D eigenvalue weighted by molar-refractivity contribution is 6.10. The first-order valence-electron chi connectivity index (χ1n) is 13.2. The average Bonchev–Trinajstić information content (AvgIpc) is 2.96. The number of fused-ring (bicyclic) bond motifs is 7. The number of aromatic hydroxyl groups is 1. The van der Waals surface area contributed by atoms with Crippen LogP contribution in [0.5, 0.6) is 11.5 Å². The van der Waals surface area contributed by atoms with Crippen molar-refractivity contribution in [3.05, 3.63) is 103 Å². The van der Waals surface area contributed by atoms with Gasteiger partial charge in [0.25, 0.3) is 0 Å². The van der Waals surface area contributed by atoms with E-state index >= 15 is 0 Å². The Kier molecular flexibility index (Phi) is 5.37. The number of ether oxygens (including phenoxy) is 1. The van der Waals surface area contributed by atoms with E-state index in [1.165, 1.54) is 22.6 Å². The first kappa shape index (κ1) is 22.3. The van der Waals surface area contributed by atoms with Crippen LogP contribution in [0.2, 0.25) is 0 Å². The van der Waals surface area contributed by atoms with Crippen LogP contribution in [0.25, 0.3) is 32.4 Å². The van der Waals surface area contributed by atoms with Gasteiger partial charge in [0.1, 0.15) is 17.6 Å². The van der Waals surface area contributed by atoms with Crippen LogP contribution in [0.3, 0.4) is 0 Å². The quantitative estimate of drug-likeness (QED) is 0.210.